The second-order valence-electron chi connectivity index (χ2n) is 4.20. The van der Waals surface area contributed by atoms with Crippen LogP contribution in [0, 0.1) is 0 Å². The molecule has 4 nitrogen and oxygen atoms in total. The predicted molar refractivity (Wildman–Crippen MR) is 71.0 cm³/mol. The van der Waals surface area contributed by atoms with Crippen molar-refractivity contribution in [2.75, 3.05) is 11.9 Å². The van der Waals surface area contributed by atoms with E-state index in [-0.39, 0.29) is 5.56 Å². The van der Waals surface area contributed by atoms with Crippen LogP contribution in [0.25, 0.3) is 0 Å². The Bertz CT molecular complexity index is 398. The molecule has 0 aliphatic rings. The van der Waals surface area contributed by atoms with Gasteiger partial charge < -0.3 is 10.4 Å². The molecule has 0 aromatic heterocycles. The monoisotopic (exact) mass is 249 g/mol. The highest BCUT2D eigenvalue weighted by Gasteiger charge is 2.13. The highest BCUT2D eigenvalue weighted by molar-refractivity contribution is 6.39. The van der Waals surface area contributed by atoms with Crippen LogP contribution < -0.4 is 5.32 Å². The molecule has 1 aromatic carbocycles. The Kier molecular flexibility index (Phi) is 5.91. The van der Waals surface area contributed by atoms with Crippen molar-refractivity contribution in [2.45, 2.75) is 32.6 Å². The lowest BCUT2D eigenvalue weighted by atomic mass is 10.1. The van der Waals surface area contributed by atoms with Crippen molar-refractivity contribution in [1.29, 1.82) is 0 Å². The van der Waals surface area contributed by atoms with E-state index in [4.69, 9.17) is 5.11 Å². The van der Waals surface area contributed by atoms with Crippen LogP contribution in [0.5, 0.6) is 0 Å². The highest BCUT2D eigenvalue weighted by atomic mass is 16.4. The number of benzene rings is 1. The van der Waals surface area contributed by atoms with Crippen LogP contribution in [0.15, 0.2) is 24.3 Å². The van der Waals surface area contributed by atoms with Gasteiger partial charge in [0.15, 0.2) is 0 Å². The largest absolute Gasteiger partial charge is 0.475 e. The number of hydrogen-bond donors (Lipinski definition) is 2. The quantitative estimate of drug-likeness (QED) is 0.422. The lowest BCUT2D eigenvalue weighted by Gasteiger charge is -2.06. The molecule has 0 unspecified atom stereocenters. The third kappa shape index (κ3) is 4.57. The number of Topliss-reactive ketones (excluding diaryl/α,β-unsaturated/α-hetero) is 1. The number of carboxylic acids is 1. The first-order valence-corrected chi connectivity index (χ1v) is 6.26. The van der Waals surface area contributed by atoms with Gasteiger partial charge in [-0.05, 0) is 30.7 Å². The zero-order chi connectivity index (χ0) is 13.4. The summed E-state index contributed by atoms with van der Waals surface area (Å²) in [5.74, 6) is -2.29. The van der Waals surface area contributed by atoms with E-state index in [1.807, 2.05) is 0 Å². The average Bonchev–Trinajstić information content (AvgIpc) is 2.38. The molecule has 0 radical (unpaired) electrons. The number of rotatable bonds is 8. The highest BCUT2D eigenvalue weighted by Crippen LogP contribution is 2.10. The standard InChI is InChI=1S/C14H19NO3/c1-2-3-4-5-10-15-12-8-6-11(7-9-12)13(16)14(17)18/h6-9,15H,2-5,10H2,1H3,(H,17,18). The van der Waals surface area contributed by atoms with Crippen LogP contribution in [0.3, 0.4) is 0 Å². The van der Waals surface area contributed by atoms with Crippen molar-refractivity contribution < 1.29 is 14.7 Å². The first-order valence-electron chi connectivity index (χ1n) is 6.26. The maximum atomic E-state index is 11.2. The van der Waals surface area contributed by atoms with Gasteiger partial charge in [-0.2, -0.15) is 0 Å². The molecule has 2 N–H and O–H groups in total. The van der Waals surface area contributed by atoms with Gasteiger partial charge in [0.1, 0.15) is 0 Å². The lowest BCUT2D eigenvalue weighted by Crippen LogP contribution is -2.12. The zero-order valence-electron chi connectivity index (χ0n) is 10.6. The van der Waals surface area contributed by atoms with E-state index < -0.39 is 11.8 Å². The third-order valence-electron chi connectivity index (χ3n) is 2.70. The summed E-state index contributed by atoms with van der Waals surface area (Å²) in [6, 6.07) is 6.53. The minimum Gasteiger partial charge on any atom is -0.475 e. The molecular weight excluding hydrogens is 230 g/mol. The fourth-order valence-electron chi connectivity index (χ4n) is 1.65. The van der Waals surface area contributed by atoms with Gasteiger partial charge in [0, 0.05) is 17.8 Å². The van der Waals surface area contributed by atoms with E-state index in [1.54, 1.807) is 12.1 Å². The Balaban J connectivity index is 2.41. The molecule has 0 heterocycles. The molecule has 98 valence electrons. The summed E-state index contributed by atoms with van der Waals surface area (Å²) >= 11 is 0. The number of carboxylic acid groups (broad SMARTS) is 1. The first kappa shape index (κ1) is 14.2. The van der Waals surface area contributed by atoms with Crippen LogP contribution in [-0.2, 0) is 4.79 Å². The van der Waals surface area contributed by atoms with Crippen molar-refractivity contribution in [3.05, 3.63) is 29.8 Å². The molecule has 4 heteroatoms. The number of aliphatic carboxylic acids is 1. The Labute approximate surface area is 107 Å². The summed E-state index contributed by atoms with van der Waals surface area (Å²) < 4.78 is 0. The van der Waals surface area contributed by atoms with Gasteiger partial charge in [0.05, 0.1) is 0 Å². The second-order valence-corrected chi connectivity index (χ2v) is 4.20. The molecule has 0 atom stereocenters. The Morgan fingerprint density at radius 3 is 2.33 bits per heavy atom. The summed E-state index contributed by atoms with van der Waals surface area (Å²) in [5.41, 5.74) is 1.12. The van der Waals surface area contributed by atoms with Crippen LogP contribution in [0.2, 0.25) is 0 Å². The summed E-state index contributed by atoms with van der Waals surface area (Å²) in [6.45, 7) is 3.07. The van der Waals surface area contributed by atoms with Gasteiger partial charge in [-0.25, -0.2) is 4.79 Å². The maximum absolute atomic E-state index is 11.2. The fraction of sp³-hybridized carbons (Fsp3) is 0.429. The SMILES string of the molecule is CCCCCCNc1ccc(C(=O)C(=O)O)cc1. The molecule has 0 aliphatic heterocycles. The molecule has 18 heavy (non-hydrogen) atoms. The van der Waals surface area contributed by atoms with Crippen molar-refractivity contribution in [2.24, 2.45) is 0 Å². The number of carbonyl (C=O) groups is 2. The smallest absolute Gasteiger partial charge is 0.377 e. The van der Waals surface area contributed by atoms with Gasteiger partial charge >= 0.3 is 5.97 Å². The molecule has 0 amide bonds. The maximum Gasteiger partial charge on any atom is 0.377 e. The molecule has 0 fully saturated rings. The number of nitrogens with one attached hydrogen (secondary N) is 1. The summed E-state index contributed by atoms with van der Waals surface area (Å²) in [5, 5.41) is 11.8. The number of carbonyl (C=O) groups excluding carboxylic acids is 1. The van der Waals surface area contributed by atoms with Gasteiger partial charge in [-0.3, -0.25) is 4.79 Å². The summed E-state index contributed by atoms with van der Waals surface area (Å²) in [4.78, 5) is 21.7. The minimum absolute atomic E-state index is 0.207. The van der Waals surface area contributed by atoms with E-state index in [1.165, 1.54) is 31.4 Å². The molecule has 0 bridgehead atoms. The minimum atomic E-state index is -1.42. The van der Waals surface area contributed by atoms with Crippen LogP contribution in [0.1, 0.15) is 43.0 Å². The Hall–Kier alpha value is -1.84. The van der Waals surface area contributed by atoms with Gasteiger partial charge in [-0.1, -0.05) is 26.2 Å². The van der Waals surface area contributed by atoms with E-state index in [9.17, 15) is 9.59 Å². The van der Waals surface area contributed by atoms with Crippen molar-refractivity contribution >= 4 is 17.4 Å². The number of anilines is 1. The topological polar surface area (TPSA) is 66.4 Å². The summed E-state index contributed by atoms with van der Waals surface area (Å²) in [6.07, 6.45) is 4.78. The molecule has 1 aromatic rings. The molecule has 0 spiro atoms. The number of unbranched alkanes of at least 4 members (excludes halogenated alkanes) is 3. The fourth-order valence-corrected chi connectivity index (χ4v) is 1.65. The van der Waals surface area contributed by atoms with E-state index in [2.05, 4.69) is 12.2 Å². The van der Waals surface area contributed by atoms with Gasteiger partial charge in [-0.15, -0.1) is 0 Å². The Morgan fingerprint density at radius 2 is 1.78 bits per heavy atom. The third-order valence-corrected chi connectivity index (χ3v) is 2.70. The van der Waals surface area contributed by atoms with E-state index in [0.29, 0.717) is 0 Å². The second kappa shape index (κ2) is 7.48. The molecule has 0 saturated heterocycles. The average molecular weight is 249 g/mol. The van der Waals surface area contributed by atoms with Gasteiger partial charge in [0.2, 0.25) is 0 Å². The number of ketones is 1. The molecule has 1 rings (SSSR count). The van der Waals surface area contributed by atoms with Crippen LogP contribution in [0.4, 0.5) is 5.69 Å². The van der Waals surface area contributed by atoms with E-state index >= 15 is 0 Å². The van der Waals surface area contributed by atoms with Crippen molar-refractivity contribution in [3.8, 4) is 0 Å². The summed E-state index contributed by atoms with van der Waals surface area (Å²) in [7, 11) is 0. The molecular formula is C14H19NO3. The van der Waals surface area contributed by atoms with Crippen LogP contribution >= 0.6 is 0 Å². The first-order chi connectivity index (χ1) is 8.65. The molecule has 0 aliphatic carbocycles. The Morgan fingerprint density at radius 1 is 1.11 bits per heavy atom. The normalized spacial score (nSPS) is 10.1. The lowest BCUT2D eigenvalue weighted by molar-refractivity contribution is -0.131. The van der Waals surface area contributed by atoms with E-state index in [0.717, 1.165) is 18.7 Å². The zero-order valence-corrected chi connectivity index (χ0v) is 10.6. The predicted octanol–water partition coefficient (Wildman–Crippen LogP) is 2.95. The number of hydrogen-bond acceptors (Lipinski definition) is 3. The molecule has 0 saturated carbocycles. The van der Waals surface area contributed by atoms with Crippen molar-refractivity contribution in [3.63, 3.8) is 0 Å². The van der Waals surface area contributed by atoms with Crippen molar-refractivity contribution in [1.82, 2.24) is 0 Å². The van der Waals surface area contributed by atoms with Crippen LogP contribution in [-0.4, -0.2) is 23.4 Å². The van der Waals surface area contributed by atoms with Gasteiger partial charge in [0.25, 0.3) is 5.78 Å².